The van der Waals surface area contributed by atoms with Gasteiger partial charge in [0.2, 0.25) is 0 Å². The molecule has 0 fully saturated rings. The van der Waals surface area contributed by atoms with Crippen LogP contribution in [0.15, 0.2) is 65.1 Å². The Labute approximate surface area is 191 Å². The van der Waals surface area contributed by atoms with Crippen LogP contribution in [0.2, 0.25) is 0 Å². The molecule has 0 aromatic heterocycles. The van der Waals surface area contributed by atoms with Crippen LogP contribution in [-0.4, -0.2) is 0 Å². The van der Waals surface area contributed by atoms with Crippen molar-refractivity contribution in [2.75, 3.05) is 0 Å². The predicted octanol–water partition coefficient (Wildman–Crippen LogP) is -0.721. The summed E-state index contributed by atoms with van der Waals surface area (Å²) in [7, 11) is 6.16. The van der Waals surface area contributed by atoms with Gasteiger partial charge in [-0.25, -0.2) is 0 Å². The average molecular weight is 553 g/mol. The van der Waals surface area contributed by atoms with E-state index in [1.165, 1.54) is 44.4 Å². The van der Waals surface area contributed by atoms with Crippen LogP contribution in [0.5, 0.6) is 0 Å². The fourth-order valence-electron chi connectivity index (χ4n) is 3.97. The Kier molecular flexibility index (Phi) is 6.71. The van der Waals surface area contributed by atoms with Crippen LogP contribution in [0.1, 0.15) is 22.3 Å². The SMILES string of the molecule is [Cl-].[Cl-].[S]=[Zr+2]([c]1ccc2c(c1)Cc1ccccc1-2)[c]1ccc(Br)c2c1C=CC2. The summed E-state index contributed by atoms with van der Waals surface area (Å²) in [5, 5.41) is 0. The number of halogens is 3. The van der Waals surface area contributed by atoms with Crippen molar-refractivity contribution < 1.29 is 44.5 Å². The van der Waals surface area contributed by atoms with E-state index in [4.69, 9.17) is 8.86 Å². The van der Waals surface area contributed by atoms with Crippen LogP contribution in [0, 0.1) is 0 Å². The molecular formula is C22H15BrCl2SZr. The van der Waals surface area contributed by atoms with Crippen molar-refractivity contribution in [3.8, 4) is 11.1 Å². The molecule has 0 aliphatic heterocycles. The standard InChI is InChI=1S/C13H9.C9H6Br.2ClH.S.Zr/c1-3-7-12-10(5-1)9-11-6-2-4-8-13(11)12;10-9-6-2-4-7-3-1-5-8(7)9;;;;/h1,3-8H,9H2;1-3,6H,5H2;2*1H;;/q;;;;;+2/p-2. The van der Waals surface area contributed by atoms with E-state index in [1.54, 1.807) is 0 Å². The van der Waals surface area contributed by atoms with Crippen molar-refractivity contribution in [3.63, 3.8) is 0 Å². The third-order valence-corrected chi connectivity index (χ3v) is 13.0. The summed E-state index contributed by atoms with van der Waals surface area (Å²) in [5.74, 6) is 0. The zero-order valence-electron chi connectivity index (χ0n) is 14.3. The van der Waals surface area contributed by atoms with Gasteiger partial charge in [0.05, 0.1) is 0 Å². The summed E-state index contributed by atoms with van der Waals surface area (Å²) in [6, 6.07) is 20.2. The second-order valence-corrected chi connectivity index (χ2v) is 14.3. The molecule has 5 heteroatoms. The first-order valence-corrected chi connectivity index (χ1v) is 15.1. The van der Waals surface area contributed by atoms with Crippen molar-refractivity contribution in [2.45, 2.75) is 12.8 Å². The maximum atomic E-state index is 6.16. The first-order valence-electron chi connectivity index (χ1n) is 8.46. The minimum absolute atomic E-state index is 0. The van der Waals surface area contributed by atoms with E-state index in [2.05, 4.69) is 82.7 Å². The molecule has 0 saturated carbocycles. The molecule has 0 radical (unpaired) electrons. The first kappa shape index (κ1) is 21.3. The summed E-state index contributed by atoms with van der Waals surface area (Å²) in [5.41, 5.74) is 8.48. The molecular weight excluding hydrogens is 538 g/mol. The van der Waals surface area contributed by atoms with E-state index < -0.39 is 19.7 Å². The number of fused-ring (bicyclic) bond motifs is 4. The van der Waals surface area contributed by atoms with Crippen molar-refractivity contribution >= 4 is 37.4 Å². The van der Waals surface area contributed by atoms with E-state index in [0.717, 1.165) is 12.8 Å². The van der Waals surface area contributed by atoms with Crippen molar-refractivity contribution in [1.82, 2.24) is 0 Å². The first-order chi connectivity index (χ1) is 12.2. The molecule has 0 saturated heterocycles. The van der Waals surface area contributed by atoms with Gasteiger partial charge in [-0.1, -0.05) is 0 Å². The van der Waals surface area contributed by atoms with Gasteiger partial charge in [0.25, 0.3) is 0 Å². The van der Waals surface area contributed by atoms with Gasteiger partial charge in [-0.15, -0.1) is 0 Å². The van der Waals surface area contributed by atoms with Gasteiger partial charge in [0, 0.05) is 0 Å². The summed E-state index contributed by atoms with van der Waals surface area (Å²) in [6.07, 6.45) is 6.59. The third kappa shape index (κ3) is 3.63. The van der Waals surface area contributed by atoms with Crippen LogP contribution in [0.3, 0.4) is 0 Å². The van der Waals surface area contributed by atoms with Crippen LogP contribution >= 0.6 is 24.8 Å². The monoisotopic (exact) mass is 550 g/mol. The number of rotatable bonds is 2. The van der Waals surface area contributed by atoms with E-state index >= 15 is 0 Å². The van der Waals surface area contributed by atoms with E-state index in [9.17, 15) is 0 Å². The molecule has 0 unspecified atom stereocenters. The third-order valence-electron chi connectivity index (χ3n) is 5.21. The van der Waals surface area contributed by atoms with Gasteiger partial charge >= 0.3 is 168 Å². The number of benzene rings is 3. The molecule has 0 N–H and O–H groups in total. The molecule has 0 bridgehead atoms. The van der Waals surface area contributed by atoms with Gasteiger partial charge in [-0.05, 0) is 0 Å². The van der Waals surface area contributed by atoms with Crippen molar-refractivity contribution in [1.29, 1.82) is 0 Å². The Hall–Kier alpha value is -0.437. The second kappa shape index (κ2) is 8.51. The quantitative estimate of drug-likeness (QED) is 0.316. The molecule has 2 aliphatic carbocycles. The van der Waals surface area contributed by atoms with Gasteiger partial charge in [-0.2, -0.15) is 0 Å². The Morgan fingerprint density at radius 2 is 1.67 bits per heavy atom. The Morgan fingerprint density at radius 1 is 0.889 bits per heavy atom. The summed E-state index contributed by atoms with van der Waals surface area (Å²) in [6.45, 7) is 0. The van der Waals surface area contributed by atoms with E-state index in [1.807, 2.05) is 0 Å². The van der Waals surface area contributed by atoms with E-state index in [0.29, 0.717) is 0 Å². The zero-order chi connectivity index (χ0) is 17.0. The molecule has 3 aromatic carbocycles. The van der Waals surface area contributed by atoms with Crippen LogP contribution in [0.4, 0.5) is 0 Å². The molecule has 5 rings (SSSR count). The summed E-state index contributed by atoms with van der Waals surface area (Å²) >= 11 is 1.42. The fraction of sp³-hybridized carbons (Fsp3) is 0.0909. The summed E-state index contributed by atoms with van der Waals surface area (Å²) < 4.78 is 4.08. The topological polar surface area (TPSA) is 0 Å². The Bertz CT molecular complexity index is 1090. The van der Waals surface area contributed by atoms with Gasteiger partial charge < -0.3 is 24.8 Å². The van der Waals surface area contributed by atoms with Crippen LogP contribution in [-0.2, 0) is 32.6 Å². The number of hydrogen-bond donors (Lipinski definition) is 0. The van der Waals surface area contributed by atoms with Crippen molar-refractivity contribution in [2.24, 2.45) is 0 Å². The molecule has 0 nitrogen and oxygen atoms in total. The summed E-state index contributed by atoms with van der Waals surface area (Å²) in [4.78, 5) is 0. The minimum atomic E-state index is -2.27. The molecule has 0 atom stereocenters. The molecule has 3 aromatic rings. The molecule has 2 aliphatic rings. The average Bonchev–Trinajstić information content (AvgIpc) is 3.26. The fourth-order valence-corrected chi connectivity index (χ4v) is 10.1. The Morgan fingerprint density at radius 3 is 2.52 bits per heavy atom. The van der Waals surface area contributed by atoms with Gasteiger partial charge in [-0.3, -0.25) is 0 Å². The maximum absolute atomic E-state index is 6.16. The van der Waals surface area contributed by atoms with Gasteiger partial charge in [0.15, 0.2) is 0 Å². The second-order valence-electron chi connectivity index (χ2n) is 6.63. The molecule has 0 heterocycles. The zero-order valence-corrected chi connectivity index (χ0v) is 20.7. The normalized spacial score (nSPS) is 12.1. The van der Waals surface area contributed by atoms with Crippen LogP contribution in [0.25, 0.3) is 17.2 Å². The van der Waals surface area contributed by atoms with Crippen molar-refractivity contribution in [3.05, 3.63) is 87.4 Å². The number of hydrogen-bond acceptors (Lipinski definition) is 1. The Balaban J connectivity index is 0.00000105. The molecule has 27 heavy (non-hydrogen) atoms. The van der Waals surface area contributed by atoms with Gasteiger partial charge in [0.1, 0.15) is 0 Å². The van der Waals surface area contributed by atoms with E-state index in [-0.39, 0.29) is 24.8 Å². The number of allylic oxidation sites excluding steroid dienone is 1. The molecule has 0 amide bonds. The molecule has 0 spiro atoms. The molecule has 134 valence electrons. The predicted molar refractivity (Wildman–Crippen MR) is 108 cm³/mol. The van der Waals surface area contributed by atoms with Crippen LogP contribution < -0.4 is 31.4 Å².